The van der Waals surface area contributed by atoms with Gasteiger partial charge in [0.1, 0.15) is 11.6 Å². The van der Waals surface area contributed by atoms with Crippen LogP contribution >= 0.6 is 0 Å². The van der Waals surface area contributed by atoms with Crippen molar-refractivity contribution >= 4 is 5.78 Å². The number of carbonyl (C=O) groups excluding carboxylic acids is 1. The second kappa shape index (κ2) is 4.25. The maximum atomic E-state index is 13.2. The number of hydrogen-bond donors (Lipinski definition) is 1. The Morgan fingerprint density at radius 3 is 2.53 bits per heavy atom. The van der Waals surface area contributed by atoms with Crippen molar-refractivity contribution in [1.82, 2.24) is 0 Å². The highest BCUT2D eigenvalue weighted by Crippen LogP contribution is 2.34. The molecule has 0 aliphatic carbocycles. The number of benzene rings is 1. The number of phenols is 1. The van der Waals surface area contributed by atoms with Crippen molar-refractivity contribution in [2.45, 2.75) is 13.3 Å². The Labute approximate surface area is 85.3 Å². The first-order valence-electron chi connectivity index (χ1n) is 4.20. The number of ketones is 1. The highest BCUT2D eigenvalue weighted by atomic mass is 19.1. The molecule has 0 spiro atoms. The van der Waals surface area contributed by atoms with Crippen LogP contribution in [0.1, 0.15) is 12.5 Å². The predicted octanol–water partition coefficient (Wildman–Crippen LogP) is 1.81. The molecule has 1 rings (SSSR count). The Bertz CT molecular complexity index is 402. The van der Waals surface area contributed by atoms with Gasteiger partial charge in [-0.15, -0.1) is 0 Å². The van der Waals surface area contributed by atoms with Crippen LogP contribution in [-0.4, -0.2) is 18.0 Å². The van der Waals surface area contributed by atoms with E-state index in [1.807, 2.05) is 0 Å². The van der Waals surface area contributed by atoms with E-state index in [9.17, 15) is 18.7 Å². The molecule has 0 saturated carbocycles. The van der Waals surface area contributed by atoms with Crippen LogP contribution in [0.15, 0.2) is 6.07 Å². The van der Waals surface area contributed by atoms with E-state index in [2.05, 4.69) is 4.74 Å². The van der Waals surface area contributed by atoms with Gasteiger partial charge in [-0.2, -0.15) is 0 Å². The molecule has 0 heterocycles. The lowest BCUT2D eigenvalue weighted by atomic mass is 10.1. The van der Waals surface area contributed by atoms with E-state index in [-0.39, 0.29) is 17.8 Å². The second-order valence-electron chi connectivity index (χ2n) is 3.08. The van der Waals surface area contributed by atoms with Gasteiger partial charge in [0.15, 0.2) is 17.3 Å². The maximum absolute atomic E-state index is 13.2. The number of halogens is 2. The molecule has 0 aliphatic rings. The first-order chi connectivity index (χ1) is 6.97. The third-order valence-corrected chi connectivity index (χ3v) is 1.89. The third-order valence-electron chi connectivity index (χ3n) is 1.89. The summed E-state index contributed by atoms with van der Waals surface area (Å²) in [6.45, 7) is 1.24. The highest BCUT2D eigenvalue weighted by molar-refractivity contribution is 5.79. The summed E-state index contributed by atoms with van der Waals surface area (Å²) in [6.07, 6.45) is -0.297. The number of ether oxygens (including phenoxy) is 1. The maximum Gasteiger partial charge on any atom is 0.197 e. The number of phenolic OH excluding ortho intramolecular Hbond substituents is 1. The molecule has 1 aromatic rings. The standard InChI is InChI=1S/C10H10F2O3/c1-5(13)3-6-7(11)4-8(12)10(15-2)9(6)14/h4,14H,3H2,1-2H3. The number of carbonyl (C=O) groups is 1. The van der Waals surface area contributed by atoms with Crippen LogP contribution in [0.3, 0.4) is 0 Å². The van der Waals surface area contributed by atoms with Gasteiger partial charge >= 0.3 is 0 Å². The van der Waals surface area contributed by atoms with E-state index in [4.69, 9.17) is 0 Å². The molecule has 1 aromatic carbocycles. The van der Waals surface area contributed by atoms with Crippen molar-refractivity contribution in [2.75, 3.05) is 7.11 Å². The predicted molar refractivity (Wildman–Crippen MR) is 49.0 cm³/mol. The van der Waals surface area contributed by atoms with Crippen LogP contribution in [-0.2, 0) is 11.2 Å². The molecule has 15 heavy (non-hydrogen) atoms. The van der Waals surface area contributed by atoms with Crippen LogP contribution in [0.4, 0.5) is 8.78 Å². The monoisotopic (exact) mass is 216 g/mol. The first-order valence-corrected chi connectivity index (χ1v) is 4.20. The number of hydrogen-bond acceptors (Lipinski definition) is 3. The van der Waals surface area contributed by atoms with E-state index in [1.54, 1.807) is 0 Å². The van der Waals surface area contributed by atoms with Gasteiger partial charge in [0, 0.05) is 18.1 Å². The molecular formula is C10H10F2O3. The van der Waals surface area contributed by atoms with Gasteiger partial charge in [-0.1, -0.05) is 0 Å². The summed E-state index contributed by atoms with van der Waals surface area (Å²) in [5, 5.41) is 9.44. The molecule has 0 unspecified atom stereocenters. The van der Waals surface area contributed by atoms with E-state index in [1.165, 1.54) is 6.92 Å². The van der Waals surface area contributed by atoms with Gasteiger partial charge in [-0.05, 0) is 6.92 Å². The summed E-state index contributed by atoms with van der Waals surface area (Å²) >= 11 is 0. The third kappa shape index (κ3) is 2.23. The van der Waals surface area contributed by atoms with E-state index < -0.39 is 23.1 Å². The zero-order valence-electron chi connectivity index (χ0n) is 8.30. The summed E-state index contributed by atoms with van der Waals surface area (Å²) in [4.78, 5) is 10.8. The van der Waals surface area contributed by atoms with Gasteiger partial charge < -0.3 is 9.84 Å². The van der Waals surface area contributed by atoms with Crippen LogP contribution < -0.4 is 4.74 Å². The number of rotatable bonds is 3. The van der Waals surface area contributed by atoms with Crippen molar-refractivity contribution < 1.29 is 23.4 Å². The SMILES string of the molecule is COc1c(F)cc(F)c(CC(C)=O)c1O. The topological polar surface area (TPSA) is 46.5 Å². The largest absolute Gasteiger partial charge is 0.504 e. The van der Waals surface area contributed by atoms with Gasteiger partial charge in [0.2, 0.25) is 0 Å². The van der Waals surface area contributed by atoms with E-state index >= 15 is 0 Å². The summed E-state index contributed by atoms with van der Waals surface area (Å²) in [5.74, 6) is -3.41. The molecule has 0 amide bonds. The molecular weight excluding hydrogens is 206 g/mol. The fourth-order valence-corrected chi connectivity index (χ4v) is 1.24. The molecule has 0 saturated heterocycles. The van der Waals surface area contributed by atoms with Crippen LogP contribution in [0, 0.1) is 11.6 Å². The van der Waals surface area contributed by atoms with E-state index in [0.717, 1.165) is 7.11 Å². The first kappa shape index (κ1) is 11.4. The minimum Gasteiger partial charge on any atom is -0.504 e. The van der Waals surface area contributed by atoms with Crippen molar-refractivity contribution in [3.8, 4) is 11.5 Å². The zero-order chi connectivity index (χ0) is 11.6. The lowest BCUT2D eigenvalue weighted by Gasteiger charge is -2.09. The quantitative estimate of drug-likeness (QED) is 0.838. The number of Topliss-reactive ketones (excluding diaryl/α,β-unsaturated/α-hetero) is 1. The highest BCUT2D eigenvalue weighted by Gasteiger charge is 2.19. The van der Waals surface area contributed by atoms with Gasteiger partial charge in [-0.3, -0.25) is 4.79 Å². The van der Waals surface area contributed by atoms with Gasteiger partial charge in [0.25, 0.3) is 0 Å². The van der Waals surface area contributed by atoms with Crippen molar-refractivity contribution in [3.05, 3.63) is 23.3 Å². The summed E-state index contributed by atoms with van der Waals surface area (Å²) in [5.41, 5.74) is -0.249. The molecule has 0 bridgehead atoms. The number of methoxy groups -OCH3 is 1. The minimum absolute atomic E-state index is 0.249. The average Bonchev–Trinajstić information content (AvgIpc) is 2.12. The Morgan fingerprint density at radius 2 is 2.07 bits per heavy atom. The molecule has 0 fully saturated rings. The lowest BCUT2D eigenvalue weighted by molar-refractivity contribution is -0.116. The molecule has 0 atom stereocenters. The molecule has 82 valence electrons. The molecule has 0 aromatic heterocycles. The second-order valence-corrected chi connectivity index (χ2v) is 3.08. The molecule has 0 aliphatic heterocycles. The van der Waals surface area contributed by atoms with Gasteiger partial charge in [-0.25, -0.2) is 8.78 Å². The molecule has 0 radical (unpaired) electrons. The lowest BCUT2D eigenvalue weighted by Crippen LogP contribution is -2.02. The Kier molecular flexibility index (Phi) is 3.24. The minimum atomic E-state index is -1.00. The van der Waals surface area contributed by atoms with Crippen molar-refractivity contribution in [1.29, 1.82) is 0 Å². The Balaban J connectivity index is 3.32. The molecule has 1 N–H and O–H groups in total. The summed E-state index contributed by atoms with van der Waals surface area (Å²) in [7, 11) is 1.15. The van der Waals surface area contributed by atoms with Crippen molar-refractivity contribution in [2.24, 2.45) is 0 Å². The summed E-state index contributed by atoms with van der Waals surface area (Å²) in [6, 6.07) is 0.580. The average molecular weight is 216 g/mol. The smallest absolute Gasteiger partial charge is 0.197 e. The van der Waals surface area contributed by atoms with Crippen LogP contribution in [0.25, 0.3) is 0 Å². The van der Waals surface area contributed by atoms with E-state index in [0.29, 0.717) is 6.07 Å². The van der Waals surface area contributed by atoms with Gasteiger partial charge in [0.05, 0.1) is 7.11 Å². The zero-order valence-corrected chi connectivity index (χ0v) is 8.30. The van der Waals surface area contributed by atoms with Crippen molar-refractivity contribution in [3.63, 3.8) is 0 Å². The summed E-state index contributed by atoms with van der Waals surface area (Å²) < 4.78 is 30.7. The number of aromatic hydroxyl groups is 1. The fourth-order valence-electron chi connectivity index (χ4n) is 1.24. The van der Waals surface area contributed by atoms with Crippen LogP contribution in [0.5, 0.6) is 11.5 Å². The molecule has 5 heteroatoms. The normalized spacial score (nSPS) is 10.1. The fraction of sp³-hybridized carbons (Fsp3) is 0.300. The Morgan fingerprint density at radius 1 is 1.47 bits per heavy atom. The Hall–Kier alpha value is -1.65. The van der Waals surface area contributed by atoms with Crippen LogP contribution in [0.2, 0.25) is 0 Å². The molecule has 3 nitrogen and oxygen atoms in total.